The van der Waals surface area contributed by atoms with E-state index in [1.54, 1.807) is 30.5 Å². The smallest absolute Gasteiger partial charge is 0.246 e. The van der Waals surface area contributed by atoms with Crippen LogP contribution in [0.3, 0.4) is 0 Å². The molecule has 0 saturated heterocycles. The topological polar surface area (TPSA) is 85.6 Å². The predicted molar refractivity (Wildman–Crippen MR) is 117 cm³/mol. The highest BCUT2D eigenvalue weighted by molar-refractivity contribution is 5.94. The van der Waals surface area contributed by atoms with Gasteiger partial charge in [-0.25, -0.2) is 13.8 Å². The van der Waals surface area contributed by atoms with Gasteiger partial charge in [-0.1, -0.05) is 6.07 Å². The third kappa shape index (κ3) is 3.99. The number of carbonyl (C=O) groups is 2. The van der Waals surface area contributed by atoms with Crippen molar-refractivity contribution in [2.24, 2.45) is 28.8 Å². The van der Waals surface area contributed by atoms with E-state index in [0.29, 0.717) is 29.7 Å². The first-order chi connectivity index (χ1) is 15.9. The van der Waals surface area contributed by atoms with Crippen LogP contribution in [-0.4, -0.2) is 23.0 Å². The van der Waals surface area contributed by atoms with Crippen LogP contribution in [0.25, 0.3) is 0 Å². The number of rotatable bonds is 4. The second-order valence-corrected chi connectivity index (χ2v) is 9.06. The maximum absolute atomic E-state index is 13.8. The van der Waals surface area contributed by atoms with Crippen LogP contribution in [0.15, 0.2) is 47.6 Å². The van der Waals surface area contributed by atoms with Crippen molar-refractivity contribution in [1.29, 1.82) is 5.26 Å². The first-order valence-electron chi connectivity index (χ1n) is 11.1. The van der Waals surface area contributed by atoms with Gasteiger partial charge in [-0.15, -0.1) is 0 Å². The lowest BCUT2D eigenvalue weighted by Gasteiger charge is -2.50. The fourth-order valence-corrected chi connectivity index (χ4v) is 5.39. The summed E-state index contributed by atoms with van der Waals surface area (Å²) in [6.07, 6.45) is 3.97. The average molecular weight is 448 g/mol. The zero-order valence-electron chi connectivity index (χ0n) is 17.7. The van der Waals surface area contributed by atoms with Crippen molar-refractivity contribution in [1.82, 2.24) is 5.01 Å². The number of benzene rings is 2. The Morgan fingerprint density at radius 3 is 2.48 bits per heavy atom. The summed E-state index contributed by atoms with van der Waals surface area (Å²) in [5.74, 6) is -2.01. The van der Waals surface area contributed by atoms with Gasteiger partial charge in [0.2, 0.25) is 11.8 Å². The van der Waals surface area contributed by atoms with Gasteiger partial charge in [0.25, 0.3) is 0 Å². The lowest BCUT2D eigenvalue weighted by molar-refractivity contribution is -0.149. The number of nitrogens with one attached hydrogen (secondary N) is 1. The van der Waals surface area contributed by atoms with E-state index in [1.807, 2.05) is 0 Å². The molecular formula is C25H22F2N4O2. The van der Waals surface area contributed by atoms with E-state index in [1.165, 1.54) is 17.1 Å². The van der Waals surface area contributed by atoms with Gasteiger partial charge in [-0.3, -0.25) is 9.59 Å². The van der Waals surface area contributed by atoms with Crippen LogP contribution in [0, 0.1) is 46.6 Å². The number of fused-ring (bicyclic) bond motifs is 2. The van der Waals surface area contributed by atoms with Gasteiger partial charge in [0, 0.05) is 36.2 Å². The molecule has 3 aliphatic carbocycles. The minimum atomic E-state index is -0.694. The number of carbonyl (C=O) groups excluding carboxylic acids is 2. The minimum Gasteiger partial charge on any atom is -0.326 e. The molecule has 1 N–H and O–H groups in total. The van der Waals surface area contributed by atoms with Crippen molar-refractivity contribution in [3.05, 3.63) is 65.2 Å². The van der Waals surface area contributed by atoms with Crippen molar-refractivity contribution in [3.63, 3.8) is 0 Å². The largest absolute Gasteiger partial charge is 0.326 e. The Labute approximate surface area is 189 Å². The molecule has 3 atom stereocenters. The molecule has 0 radical (unpaired) electrons. The first kappa shape index (κ1) is 21.3. The summed E-state index contributed by atoms with van der Waals surface area (Å²) in [6.45, 7) is 0. The molecule has 6 rings (SSSR count). The Kier molecular flexibility index (Phi) is 5.41. The highest BCUT2D eigenvalue weighted by atomic mass is 19.1. The van der Waals surface area contributed by atoms with Crippen LogP contribution in [0.2, 0.25) is 0 Å². The van der Waals surface area contributed by atoms with Crippen LogP contribution in [-0.2, 0) is 9.59 Å². The van der Waals surface area contributed by atoms with Gasteiger partial charge in [0.1, 0.15) is 11.6 Å². The van der Waals surface area contributed by atoms with Crippen LogP contribution in [0.5, 0.6) is 0 Å². The van der Waals surface area contributed by atoms with E-state index in [9.17, 15) is 18.4 Å². The van der Waals surface area contributed by atoms with Gasteiger partial charge in [-0.05, 0) is 67.0 Å². The molecule has 2 bridgehead atoms. The Hall–Kier alpha value is -3.60. The molecule has 2 unspecified atom stereocenters. The second-order valence-electron chi connectivity index (χ2n) is 9.06. The fraction of sp³-hybridized carbons (Fsp3) is 0.360. The molecule has 8 heteroatoms. The van der Waals surface area contributed by atoms with E-state index in [-0.39, 0.29) is 35.5 Å². The molecular weight excluding hydrogens is 426 g/mol. The molecule has 2 aromatic carbocycles. The van der Waals surface area contributed by atoms with Crippen molar-refractivity contribution < 1.29 is 18.4 Å². The lowest BCUT2D eigenvalue weighted by Crippen LogP contribution is -2.51. The van der Waals surface area contributed by atoms with Crippen molar-refractivity contribution in [2.45, 2.75) is 31.7 Å². The number of hydrogen-bond donors (Lipinski definition) is 1. The average Bonchev–Trinajstić information content (AvgIpc) is 3.27. The van der Waals surface area contributed by atoms with Crippen LogP contribution < -0.4 is 5.32 Å². The lowest BCUT2D eigenvalue weighted by atomic mass is 9.55. The number of hydrogen-bond acceptors (Lipinski definition) is 4. The summed E-state index contributed by atoms with van der Waals surface area (Å²) in [5, 5.41) is 17.5. The summed E-state index contributed by atoms with van der Waals surface area (Å²) in [5.41, 5.74) is 1.38. The van der Waals surface area contributed by atoms with Crippen LogP contribution >= 0.6 is 0 Å². The third-order valence-corrected chi connectivity index (χ3v) is 7.10. The quantitative estimate of drug-likeness (QED) is 0.753. The molecule has 0 aromatic heterocycles. The molecule has 6 nitrogen and oxygen atoms in total. The van der Waals surface area contributed by atoms with E-state index in [2.05, 4.69) is 16.5 Å². The zero-order valence-corrected chi connectivity index (χ0v) is 17.7. The summed E-state index contributed by atoms with van der Waals surface area (Å²) < 4.78 is 27.5. The normalized spacial score (nSPS) is 27.5. The standard InChI is InChI=1S/C25H22F2N4O2/c26-18-9-17(10-19(27)11-18)23-4-5-29-31(23)25(33)22-12-21(15-7-16(22)8-15)24(32)30-20-3-1-2-14(6-20)13-28/h1-3,5-6,9-11,15-16,21-23H,4,7-8,12H2,(H,30,32)/t15?,16?,21?,22-,23?/m0/s1. The summed E-state index contributed by atoms with van der Waals surface area (Å²) in [4.78, 5) is 26.5. The number of hydrazone groups is 1. The number of anilines is 1. The SMILES string of the molecule is N#Cc1cccc(NC(=O)C2C[C@H](C(=O)N3N=CCC3c3cc(F)cc(F)c3)C3CC2C3)c1. The number of nitriles is 1. The molecule has 168 valence electrons. The molecule has 0 spiro atoms. The zero-order chi connectivity index (χ0) is 23.1. The Morgan fingerprint density at radius 2 is 1.76 bits per heavy atom. The Bertz CT molecular complexity index is 1160. The molecule has 3 saturated carbocycles. The molecule has 1 aliphatic heterocycles. The molecule has 2 amide bonds. The van der Waals surface area contributed by atoms with E-state index < -0.39 is 17.7 Å². The third-order valence-electron chi connectivity index (χ3n) is 7.10. The molecule has 3 fully saturated rings. The summed E-state index contributed by atoms with van der Waals surface area (Å²) in [7, 11) is 0. The van der Waals surface area contributed by atoms with Crippen LogP contribution in [0.4, 0.5) is 14.5 Å². The Balaban J connectivity index is 1.31. The summed E-state index contributed by atoms with van der Waals surface area (Å²) in [6, 6.07) is 11.5. The number of nitrogens with zero attached hydrogens (tertiary/aromatic N) is 3. The van der Waals surface area contributed by atoms with E-state index in [0.717, 1.165) is 18.9 Å². The highest BCUT2D eigenvalue weighted by Gasteiger charge is 2.52. The molecule has 2 aromatic rings. The maximum Gasteiger partial charge on any atom is 0.246 e. The highest BCUT2D eigenvalue weighted by Crippen LogP contribution is 2.53. The molecule has 33 heavy (non-hydrogen) atoms. The van der Waals surface area contributed by atoms with E-state index in [4.69, 9.17) is 5.26 Å². The molecule has 4 aliphatic rings. The van der Waals surface area contributed by atoms with Gasteiger partial charge in [-0.2, -0.15) is 10.4 Å². The first-order valence-corrected chi connectivity index (χ1v) is 11.1. The Morgan fingerprint density at radius 1 is 1.03 bits per heavy atom. The predicted octanol–water partition coefficient (Wildman–Crippen LogP) is 4.40. The van der Waals surface area contributed by atoms with Crippen molar-refractivity contribution in [3.8, 4) is 6.07 Å². The number of amides is 2. The number of halogens is 2. The summed E-state index contributed by atoms with van der Waals surface area (Å²) >= 11 is 0. The van der Waals surface area contributed by atoms with Gasteiger partial charge in [0.05, 0.1) is 17.7 Å². The van der Waals surface area contributed by atoms with E-state index >= 15 is 0 Å². The van der Waals surface area contributed by atoms with Gasteiger partial charge < -0.3 is 5.32 Å². The van der Waals surface area contributed by atoms with Crippen LogP contribution in [0.1, 0.15) is 42.9 Å². The minimum absolute atomic E-state index is 0.153. The second kappa shape index (κ2) is 8.39. The maximum atomic E-state index is 13.8. The van der Waals surface area contributed by atoms with Gasteiger partial charge >= 0.3 is 0 Å². The van der Waals surface area contributed by atoms with Crippen molar-refractivity contribution in [2.75, 3.05) is 5.32 Å². The van der Waals surface area contributed by atoms with Crippen molar-refractivity contribution >= 4 is 23.7 Å². The molecule has 1 heterocycles. The fourth-order valence-electron chi connectivity index (χ4n) is 5.39. The monoisotopic (exact) mass is 448 g/mol. The van der Waals surface area contributed by atoms with Gasteiger partial charge in [0.15, 0.2) is 0 Å².